The van der Waals surface area contributed by atoms with Gasteiger partial charge in [-0.25, -0.2) is 0 Å². The number of nitrogens with one attached hydrogen (secondary N) is 2. The largest absolute Gasteiger partial charge is 0.496 e. The molecule has 0 aliphatic heterocycles. The Morgan fingerprint density at radius 2 is 2.21 bits per heavy atom. The Labute approximate surface area is 113 Å². The molecule has 0 unspecified atom stereocenters. The standard InChI is InChI=1S/C15H19N3O/c1-3-10-4-7-14(19-2)12(8-10)13-9-15(18-17-13)16-11-5-6-11/h4,7-9,11H,3,5-6H2,1-2H3,(H2,16,17,18). The Bertz CT molecular complexity index is 573. The molecule has 3 rings (SSSR count). The van der Waals surface area contributed by atoms with E-state index in [9.17, 15) is 0 Å². The van der Waals surface area contributed by atoms with Gasteiger partial charge in [0.05, 0.1) is 12.8 Å². The van der Waals surface area contributed by atoms with Crippen molar-refractivity contribution in [3.8, 4) is 17.0 Å². The molecule has 1 aliphatic carbocycles. The summed E-state index contributed by atoms with van der Waals surface area (Å²) in [4.78, 5) is 0. The molecular formula is C15H19N3O. The van der Waals surface area contributed by atoms with Gasteiger partial charge in [-0.05, 0) is 37.0 Å². The summed E-state index contributed by atoms with van der Waals surface area (Å²) in [6, 6.07) is 8.94. The highest BCUT2D eigenvalue weighted by Crippen LogP contribution is 2.32. The minimum absolute atomic E-state index is 0.611. The van der Waals surface area contributed by atoms with Crippen molar-refractivity contribution in [1.29, 1.82) is 0 Å². The molecule has 1 saturated carbocycles. The Kier molecular flexibility index (Phi) is 3.15. The molecule has 1 aromatic carbocycles. The van der Waals surface area contributed by atoms with Gasteiger partial charge < -0.3 is 10.1 Å². The Morgan fingerprint density at radius 1 is 1.37 bits per heavy atom. The van der Waals surface area contributed by atoms with E-state index < -0.39 is 0 Å². The van der Waals surface area contributed by atoms with Crippen LogP contribution in [0.25, 0.3) is 11.3 Å². The van der Waals surface area contributed by atoms with E-state index in [0.29, 0.717) is 6.04 Å². The third-order valence-corrected chi connectivity index (χ3v) is 3.47. The number of rotatable bonds is 5. The van der Waals surface area contributed by atoms with Gasteiger partial charge in [0, 0.05) is 17.7 Å². The zero-order valence-corrected chi connectivity index (χ0v) is 11.4. The van der Waals surface area contributed by atoms with E-state index >= 15 is 0 Å². The molecule has 0 spiro atoms. The fourth-order valence-electron chi connectivity index (χ4n) is 2.16. The summed E-state index contributed by atoms with van der Waals surface area (Å²) in [5.74, 6) is 1.79. The number of hydrogen-bond acceptors (Lipinski definition) is 3. The first-order chi connectivity index (χ1) is 9.30. The maximum Gasteiger partial charge on any atom is 0.148 e. The number of nitrogens with zero attached hydrogens (tertiary/aromatic N) is 1. The van der Waals surface area contributed by atoms with Gasteiger partial charge in [0.15, 0.2) is 0 Å². The number of H-pyrrole nitrogens is 1. The minimum Gasteiger partial charge on any atom is -0.496 e. The zero-order chi connectivity index (χ0) is 13.2. The summed E-state index contributed by atoms with van der Waals surface area (Å²) >= 11 is 0. The second-order valence-corrected chi connectivity index (χ2v) is 4.97. The normalized spacial score (nSPS) is 14.4. The number of aryl methyl sites for hydroxylation is 1. The molecule has 0 atom stereocenters. The highest BCUT2D eigenvalue weighted by Gasteiger charge is 2.22. The quantitative estimate of drug-likeness (QED) is 0.864. The maximum absolute atomic E-state index is 5.43. The molecule has 1 heterocycles. The number of aromatic nitrogens is 2. The Balaban J connectivity index is 1.92. The van der Waals surface area contributed by atoms with Crippen LogP contribution in [-0.4, -0.2) is 23.3 Å². The van der Waals surface area contributed by atoms with Crippen molar-refractivity contribution in [2.75, 3.05) is 12.4 Å². The second-order valence-electron chi connectivity index (χ2n) is 4.97. The maximum atomic E-state index is 5.43. The molecule has 0 amide bonds. The average Bonchev–Trinajstić information content (AvgIpc) is 3.14. The van der Waals surface area contributed by atoms with Crippen LogP contribution in [0.3, 0.4) is 0 Å². The van der Waals surface area contributed by atoms with Crippen molar-refractivity contribution in [2.24, 2.45) is 0 Å². The van der Waals surface area contributed by atoms with Crippen molar-refractivity contribution >= 4 is 5.82 Å². The van der Waals surface area contributed by atoms with Crippen LogP contribution >= 0.6 is 0 Å². The van der Waals surface area contributed by atoms with Gasteiger partial charge in [-0.1, -0.05) is 13.0 Å². The van der Waals surface area contributed by atoms with Crippen LogP contribution in [0.5, 0.6) is 5.75 Å². The van der Waals surface area contributed by atoms with Gasteiger partial charge in [0.2, 0.25) is 0 Å². The lowest BCUT2D eigenvalue weighted by molar-refractivity contribution is 0.416. The van der Waals surface area contributed by atoms with Crippen LogP contribution in [0.2, 0.25) is 0 Å². The fraction of sp³-hybridized carbons (Fsp3) is 0.400. The lowest BCUT2D eigenvalue weighted by Crippen LogP contribution is -2.00. The minimum atomic E-state index is 0.611. The molecule has 2 aromatic rings. The Morgan fingerprint density at radius 3 is 2.89 bits per heavy atom. The SMILES string of the molecule is CCc1ccc(OC)c(-c2cc(NC3CC3)n[nH]2)c1. The van der Waals surface area contributed by atoms with Gasteiger partial charge in [-0.2, -0.15) is 5.10 Å². The summed E-state index contributed by atoms with van der Waals surface area (Å²) in [7, 11) is 1.70. The van der Waals surface area contributed by atoms with Crippen LogP contribution in [0, 0.1) is 0 Å². The first kappa shape index (κ1) is 12.1. The molecular weight excluding hydrogens is 238 g/mol. The summed E-state index contributed by atoms with van der Waals surface area (Å²) in [6.07, 6.45) is 3.51. The van der Waals surface area contributed by atoms with E-state index in [4.69, 9.17) is 4.74 Å². The van der Waals surface area contributed by atoms with Crippen molar-refractivity contribution in [3.05, 3.63) is 29.8 Å². The monoisotopic (exact) mass is 257 g/mol. The van der Waals surface area contributed by atoms with Crippen LogP contribution < -0.4 is 10.1 Å². The summed E-state index contributed by atoms with van der Waals surface area (Å²) < 4.78 is 5.43. The van der Waals surface area contributed by atoms with E-state index in [2.05, 4.69) is 40.6 Å². The first-order valence-corrected chi connectivity index (χ1v) is 6.79. The van der Waals surface area contributed by atoms with Crippen LogP contribution in [0.4, 0.5) is 5.82 Å². The van der Waals surface area contributed by atoms with Gasteiger partial charge >= 0.3 is 0 Å². The van der Waals surface area contributed by atoms with Crippen molar-refractivity contribution in [1.82, 2.24) is 10.2 Å². The smallest absolute Gasteiger partial charge is 0.148 e. The molecule has 1 fully saturated rings. The number of benzene rings is 1. The molecule has 100 valence electrons. The molecule has 4 nitrogen and oxygen atoms in total. The third-order valence-electron chi connectivity index (χ3n) is 3.47. The highest BCUT2D eigenvalue weighted by molar-refractivity contribution is 5.70. The number of aromatic amines is 1. The van der Waals surface area contributed by atoms with Gasteiger partial charge in [-0.3, -0.25) is 5.10 Å². The molecule has 19 heavy (non-hydrogen) atoms. The molecule has 1 aliphatic rings. The van der Waals surface area contributed by atoms with E-state index in [1.807, 2.05) is 6.07 Å². The van der Waals surface area contributed by atoms with Crippen LogP contribution in [-0.2, 0) is 6.42 Å². The number of ether oxygens (including phenoxy) is 1. The number of hydrogen-bond donors (Lipinski definition) is 2. The average molecular weight is 257 g/mol. The lowest BCUT2D eigenvalue weighted by Gasteiger charge is -2.08. The predicted molar refractivity (Wildman–Crippen MR) is 76.6 cm³/mol. The lowest BCUT2D eigenvalue weighted by atomic mass is 10.1. The van der Waals surface area contributed by atoms with E-state index in [-0.39, 0.29) is 0 Å². The first-order valence-electron chi connectivity index (χ1n) is 6.79. The predicted octanol–water partition coefficient (Wildman–Crippen LogP) is 3.22. The van der Waals surface area contributed by atoms with Crippen molar-refractivity contribution in [2.45, 2.75) is 32.2 Å². The third kappa shape index (κ3) is 2.57. The molecule has 0 saturated heterocycles. The fourth-order valence-corrected chi connectivity index (χ4v) is 2.16. The van der Waals surface area contributed by atoms with E-state index in [1.165, 1.54) is 18.4 Å². The zero-order valence-electron chi connectivity index (χ0n) is 11.4. The molecule has 0 radical (unpaired) electrons. The molecule has 2 N–H and O–H groups in total. The Hall–Kier alpha value is -1.97. The molecule has 0 bridgehead atoms. The number of anilines is 1. The van der Waals surface area contributed by atoms with Crippen molar-refractivity contribution in [3.63, 3.8) is 0 Å². The summed E-state index contributed by atoms with van der Waals surface area (Å²) in [5, 5.41) is 10.8. The molecule has 1 aromatic heterocycles. The van der Waals surface area contributed by atoms with Crippen LogP contribution in [0.1, 0.15) is 25.3 Å². The van der Waals surface area contributed by atoms with Crippen LogP contribution in [0.15, 0.2) is 24.3 Å². The molecule has 4 heteroatoms. The van der Waals surface area contributed by atoms with E-state index in [1.54, 1.807) is 7.11 Å². The highest BCUT2D eigenvalue weighted by atomic mass is 16.5. The van der Waals surface area contributed by atoms with Gasteiger partial charge in [-0.15, -0.1) is 0 Å². The number of methoxy groups -OCH3 is 1. The van der Waals surface area contributed by atoms with Gasteiger partial charge in [0.25, 0.3) is 0 Å². The topological polar surface area (TPSA) is 49.9 Å². The summed E-state index contributed by atoms with van der Waals surface area (Å²) in [6.45, 7) is 2.15. The van der Waals surface area contributed by atoms with E-state index in [0.717, 1.165) is 29.2 Å². The van der Waals surface area contributed by atoms with Crippen molar-refractivity contribution < 1.29 is 4.74 Å². The van der Waals surface area contributed by atoms with Gasteiger partial charge in [0.1, 0.15) is 11.6 Å². The second kappa shape index (κ2) is 4.96. The summed E-state index contributed by atoms with van der Waals surface area (Å²) in [5.41, 5.74) is 3.36.